The molecule has 1 aromatic carbocycles. The van der Waals surface area contributed by atoms with E-state index in [1.807, 2.05) is 30.3 Å². The Morgan fingerprint density at radius 1 is 1.53 bits per heavy atom. The highest BCUT2D eigenvalue weighted by molar-refractivity contribution is 5.23. The van der Waals surface area contributed by atoms with Gasteiger partial charge in [0.25, 0.3) is 5.54 Å². The van der Waals surface area contributed by atoms with E-state index in [2.05, 4.69) is 6.58 Å². The fourth-order valence-electron chi connectivity index (χ4n) is 2.33. The van der Waals surface area contributed by atoms with Crippen LogP contribution in [-0.4, -0.2) is 17.1 Å². The molecule has 2 rings (SSSR count). The molecule has 0 N–H and O–H groups in total. The van der Waals surface area contributed by atoms with Crippen molar-refractivity contribution in [2.45, 2.75) is 18.6 Å². The van der Waals surface area contributed by atoms with Crippen LogP contribution in [0.15, 0.2) is 43.0 Å². The Morgan fingerprint density at radius 3 is 2.71 bits per heavy atom. The molecule has 0 unspecified atom stereocenters. The highest BCUT2D eigenvalue weighted by Gasteiger charge is 2.57. The summed E-state index contributed by atoms with van der Waals surface area (Å²) in [5.41, 5.74) is -0.292. The van der Waals surface area contributed by atoms with Gasteiger partial charge < -0.3 is 4.74 Å². The molecular formula is C13H15NO3. The standard InChI is InChI=1S/C13H15NO3/c1-3-11-9-17-12(13(11,2)14(15)16)10-7-5-4-6-8-10/h3-8,11-12H,1,9H2,2H3/t11-,12+,13-/m0/s1. The van der Waals surface area contributed by atoms with E-state index >= 15 is 0 Å². The van der Waals surface area contributed by atoms with Gasteiger partial charge in [-0.15, -0.1) is 6.58 Å². The van der Waals surface area contributed by atoms with E-state index in [9.17, 15) is 10.1 Å². The van der Waals surface area contributed by atoms with Crippen LogP contribution in [0, 0.1) is 16.0 Å². The van der Waals surface area contributed by atoms with Gasteiger partial charge in [0.2, 0.25) is 0 Å². The molecule has 1 heterocycles. The zero-order valence-electron chi connectivity index (χ0n) is 9.70. The minimum Gasteiger partial charge on any atom is -0.365 e. The van der Waals surface area contributed by atoms with Crippen molar-refractivity contribution in [1.82, 2.24) is 0 Å². The molecule has 1 aromatic rings. The lowest BCUT2D eigenvalue weighted by Crippen LogP contribution is -2.43. The fourth-order valence-corrected chi connectivity index (χ4v) is 2.33. The third kappa shape index (κ3) is 1.74. The lowest BCUT2D eigenvalue weighted by atomic mass is 9.81. The second-order valence-corrected chi connectivity index (χ2v) is 4.45. The van der Waals surface area contributed by atoms with Crippen LogP contribution in [0.25, 0.3) is 0 Å². The quantitative estimate of drug-likeness (QED) is 0.458. The molecule has 0 bridgehead atoms. The molecule has 0 aromatic heterocycles. The first kappa shape index (κ1) is 11.8. The molecule has 0 saturated carbocycles. The molecule has 1 aliphatic heterocycles. The summed E-state index contributed by atoms with van der Waals surface area (Å²) in [6, 6.07) is 9.32. The van der Waals surface area contributed by atoms with Crippen molar-refractivity contribution < 1.29 is 9.66 Å². The lowest BCUT2D eigenvalue weighted by Gasteiger charge is -2.25. The summed E-state index contributed by atoms with van der Waals surface area (Å²) in [5, 5.41) is 11.4. The van der Waals surface area contributed by atoms with Crippen LogP contribution in [0.1, 0.15) is 18.6 Å². The van der Waals surface area contributed by atoms with Crippen LogP contribution in [-0.2, 0) is 4.74 Å². The van der Waals surface area contributed by atoms with Crippen molar-refractivity contribution >= 4 is 0 Å². The maximum absolute atomic E-state index is 11.4. The van der Waals surface area contributed by atoms with Crippen molar-refractivity contribution in [3.63, 3.8) is 0 Å². The molecule has 17 heavy (non-hydrogen) atoms. The average Bonchev–Trinajstić information content (AvgIpc) is 2.68. The number of hydrogen-bond donors (Lipinski definition) is 0. The van der Waals surface area contributed by atoms with Gasteiger partial charge in [-0.1, -0.05) is 36.4 Å². The van der Waals surface area contributed by atoms with Crippen molar-refractivity contribution in [2.24, 2.45) is 5.92 Å². The highest BCUT2D eigenvalue weighted by atomic mass is 16.6. The molecule has 1 aliphatic rings. The first-order chi connectivity index (χ1) is 8.10. The predicted octanol–water partition coefficient (Wildman–Crippen LogP) is 2.60. The first-order valence-corrected chi connectivity index (χ1v) is 5.54. The zero-order valence-corrected chi connectivity index (χ0v) is 9.70. The van der Waals surface area contributed by atoms with E-state index in [1.54, 1.807) is 13.0 Å². The normalized spacial score (nSPS) is 32.3. The van der Waals surface area contributed by atoms with Gasteiger partial charge >= 0.3 is 0 Å². The van der Waals surface area contributed by atoms with Gasteiger partial charge in [-0.25, -0.2) is 0 Å². The number of nitrogens with zero attached hydrogens (tertiary/aromatic N) is 1. The van der Waals surface area contributed by atoms with E-state index < -0.39 is 11.6 Å². The molecule has 0 radical (unpaired) electrons. The monoisotopic (exact) mass is 233 g/mol. The van der Waals surface area contributed by atoms with Crippen LogP contribution in [0.4, 0.5) is 0 Å². The Labute approximate surface area is 100 Å². The number of hydrogen-bond acceptors (Lipinski definition) is 3. The lowest BCUT2D eigenvalue weighted by molar-refractivity contribution is -0.577. The van der Waals surface area contributed by atoms with Gasteiger partial charge in [0, 0.05) is 11.8 Å². The fraction of sp³-hybridized carbons (Fsp3) is 0.385. The maximum atomic E-state index is 11.4. The molecule has 90 valence electrons. The Morgan fingerprint density at radius 2 is 2.18 bits per heavy atom. The van der Waals surface area contributed by atoms with Gasteiger partial charge in [0.1, 0.15) is 0 Å². The third-order valence-corrected chi connectivity index (χ3v) is 3.50. The van der Waals surface area contributed by atoms with Crippen molar-refractivity contribution in [1.29, 1.82) is 0 Å². The predicted molar refractivity (Wildman–Crippen MR) is 64.2 cm³/mol. The third-order valence-electron chi connectivity index (χ3n) is 3.50. The molecule has 0 aliphatic carbocycles. The summed E-state index contributed by atoms with van der Waals surface area (Å²) in [5.74, 6) is -0.261. The van der Waals surface area contributed by atoms with Crippen LogP contribution in [0.3, 0.4) is 0 Å². The summed E-state index contributed by atoms with van der Waals surface area (Å²) < 4.78 is 5.61. The van der Waals surface area contributed by atoms with Crippen LogP contribution in [0.2, 0.25) is 0 Å². The first-order valence-electron chi connectivity index (χ1n) is 5.54. The topological polar surface area (TPSA) is 52.4 Å². The van der Waals surface area contributed by atoms with E-state index in [1.165, 1.54) is 0 Å². The molecule has 3 atom stereocenters. The van der Waals surface area contributed by atoms with Crippen LogP contribution >= 0.6 is 0 Å². The molecular weight excluding hydrogens is 218 g/mol. The van der Waals surface area contributed by atoms with Gasteiger partial charge in [0.05, 0.1) is 12.5 Å². The Kier molecular flexibility index (Phi) is 2.98. The van der Waals surface area contributed by atoms with Crippen LogP contribution < -0.4 is 0 Å². The summed E-state index contributed by atoms with van der Waals surface area (Å²) in [6.45, 7) is 5.64. The second kappa shape index (κ2) is 4.30. The molecule has 1 fully saturated rings. The Balaban J connectivity index is 2.42. The summed E-state index contributed by atoms with van der Waals surface area (Å²) in [7, 11) is 0. The van der Waals surface area contributed by atoms with Crippen molar-refractivity contribution in [3.05, 3.63) is 58.7 Å². The number of benzene rings is 1. The van der Waals surface area contributed by atoms with E-state index in [-0.39, 0.29) is 10.8 Å². The van der Waals surface area contributed by atoms with Gasteiger partial charge in [0.15, 0.2) is 6.10 Å². The molecule has 0 amide bonds. The Hall–Kier alpha value is -1.68. The van der Waals surface area contributed by atoms with Crippen LogP contribution in [0.5, 0.6) is 0 Å². The Bertz CT molecular complexity index is 432. The maximum Gasteiger partial charge on any atom is 0.257 e. The summed E-state index contributed by atoms with van der Waals surface area (Å²) in [4.78, 5) is 11.1. The number of nitro groups is 1. The number of rotatable bonds is 3. The smallest absolute Gasteiger partial charge is 0.257 e. The zero-order chi connectivity index (χ0) is 12.5. The SMILES string of the molecule is C=C[C@H]1CO[C@H](c2ccccc2)[C@@]1(C)[N+](=O)[O-]. The minimum absolute atomic E-state index is 0.246. The molecule has 4 heteroatoms. The van der Waals surface area contributed by atoms with Gasteiger partial charge in [-0.2, -0.15) is 0 Å². The summed E-state index contributed by atoms with van der Waals surface area (Å²) >= 11 is 0. The van der Waals surface area contributed by atoms with Gasteiger partial charge in [-0.3, -0.25) is 10.1 Å². The second-order valence-electron chi connectivity index (χ2n) is 4.45. The highest BCUT2D eigenvalue weighted by Crippen LogP contribution is 2.44. The largest absolute Gasteiger partial charge is 0.365 e. The van der Waals surface area contributed by atoms with Crippen molar-refractivity contribution in [2.75, 3.05) is 6.61 Å². The summed E-state index contributed by atoms with van der Waals surface area (Å²) in [6.07, 6.45) is 1.10. The van der Waals surface area contributed by atoms with E-state index in [0.29, 0.717) is 6.61 Å². The van der Waals surface area contributed by atoms with Gasteiger partial charge in [-0.05, 0) is 5.56 Å². The minimum atomic E-state index is -1.14. The molecule has 0 spiro atoms. The molecule has 1 saturated heterocycles. The average molecular weight is 233 g/mol. The van der Waals surface area contributed by atoms with E-state index in [4.69, 9.17) is 4.74 Å². The van der Waals surface area contributed by atoms with E-state index in [0.717, 1.165) is 5.56 Å². The molecule has 4 nitrogen and oxygen atoms in total. The number of ether oxygens (including phenoxy) is 1. The van der Waals surface area contributed by atoms with Crippen molar-refractivity contribution in [3.8, 4) is 0 Å².